The minimum atomic E-state index is 0.242. The summed E-state index contributed by atoms with van der Waals surface area (Å²) < 4.78 is 10.8. The van der Waals surface area contributed by atoms with Crippen molar-refractivity contribution in [2.75, 3.05) is 20.8 Å². The first-order valence-electron chi connectivity index (χ1n) is 8.25. The quantitative estimate of drug-likeness (QED) is 0.909. The van der Waals surface area contributed by atoms with Crippen LogP contribution in [0.15, 0.2) is 12.1 Å². The van der Waals surface area contributed by atoms with E-state index in [1.807, 2.05) is 0 Å². The highest BCUT2D eigenvalue weighted by molar-refractivity contribution is 5.78. The average molecular weight is 303 g/mol. The van der Waals surface area contributed by atoms with E-state index in [1.165, 1.54) is 24.0 Å². The number of aryl methyl sites for hydroxylation is 1. The summed E-state index contributed by atoms with van der Waals surface area (Å²) in [6, 6.07) is 4.15. The lowest BCUT2D eigenvalue weighted by molar-refractivity contribution is -0.124. The second-order valence-electron chi connectivity index (χ2n) is 6.37. The van der Waals surface area contributed by atoms with Crippen molar-refractivity contribution in [3.63, 3.8) is 0 Å². The number of carbonyl (C=O) groups is 1. The van der Waals surface area contributed by atoms with E-state index in [2.05, 4.69) is 17.4 Å². The molecule has 0 aromatic heterocycles. The Kier molecular flexibility index (Phi) is 4.55. The summed E-state index contributed by atoms with van der Waals surface area (Å²) >= 11 is 0. The van der Waals surface area contributed by atoms with Crippen LogP contribution in [-0.2, 0) is 11.2 Å². The molecule has 1 saturated carbocycles. The summed E-state index contributed by atoms with van der Waals surface area (Å²) in [6.07, 6.45) is 6.62. The molecule has 0 radical (unpaired) electrons. The number of hydrogen-bond donors (Lipinski definition) is 1. The highest BCUT2D eigenvalue weighted by Crippen LogP contribution is 2.40. The second-order valence-corrected chi connectivity index (χ2v) is 6.37. The standard InChI is InChI=1S/C18H25NO3/c1-21-16-9-13-7-8-14(15(13)10-17(16)22-2)11-19-18(20)12-5-3-4-6-12/h9-10,12,14H,3-8,11H2,1-2H3,(H,19,20). The Morgan fingerprint density at radius 2 is 1.82 bits per heavy atom. The van der Waals surface area contributed by atoms with Crippen LogP contribution in [0.5, 0.6) is 11.5 Å². The van der Waals surface area contributed by atoms with Gasteiger partial charge in [-0.3, -0.25) is 4.79 Å². The Hall–Kier alpha value is -1.71. The number of benzene rings is 1. The van der Waals surface area contributed by atoms with E-state index in [9.17, 15) is 4.79 Å². The van der Waals surface area contributed by atoms with Gasteiger partial charge in [0.1, 0.15) is 0 Å². The van der Waals surface area contributed by atoms with Crippen LogP contribution in [0.3, 0.4) is 0 Å². The number of rotatable bonds is 5. The van der Waals surface area contributed by atoms with Gasteiger partial charge in [-0.25, -0.2) is 0 Å². The molecular weight excluding hydrogens is 278 g/mol. The van der Waals surface area contributed by atoms with Gasteiger partial charge in [-0.05, 0) is 48.9 Å². The summed E-state index contributed by atoms with van der Waals surface area (Å²) in [5, 5.41) is 3.16. The molecule has 1 unspecified atom stereocenters. The van der Waals surface area contributed by atoms with E-state index in [4.69, 9.17) is 9.47 Å². The van der Waals surface area contributed by atoms with Crippen LogP contribution in [-0.4, -0.2) is 26.7 Å². The minimum absolute atomic E-state index is 0.242. The Morgan fingerprint density at radius 3 is 2.50 bits per heavy atom. The van der Waals surface area contributed by atoms with Crippen LogP contribution in [0.25, 0.3) is 0 Å². The Balaban J connectivity index is 1.67. The van der Waals surface area contributed by atoms with Crippen LogP contribution < -0.4 is 14.8 Å². The van der Waals surface area contributed by atoms with E-state index >= 15 is 0 Å². The molecule has 0 aliphatic heterocycles. The molecule has 1 amide bonds. The van der Waals surface area contributed by atoms with Crippen molar-refractivity contribution >= 4 is 5.91 Å². The smallest absolute Gasteiger partial charge is 0.223 e. The van der Waals surface area contributed by atoms with E-state index in [-0.39, 0.29) is 11.8 Å². The van der Waals surface area contributed by atoms with Crippen molar-refractivity contribution in [3.8, 4) is 11.5 Å². The second kappa shape index (κ2) is 6.59. The first-order chi connectivity index (χ1) is 10.7. The molecule has 1 aromatic carbocycles. The van der Waals surface area contributed by atoms with Crippen molar-refractivity contribution in [2.24, 2.45) is 5.92 Å². The molecule has 0 spiro atoms. The Bertz CT molecular complexity index is 550. The van der Waals surface area contributed by atoms with Crippen LogP contribution in [0.4, 0.5) is 0 Å². The molecule has 120 valence electrons. The largest absolute Gasteiger partial charge is 0.493 e. The molecular formula is C18H25NO3. The van der Waals surface area contributed by atoms with Crippen molar-refractivity contribution in [3.05, 3.63) is 23.3 Å². The molecule has 2 aliphatic rings. The molecule has 0 bridgehead atoms. The number of nitrogens with one attached hydrogen (secondary N) is 1. The molecule has 1 aromatic rings. The lowest BCUT2D eigenvalue weighted by atomic mass is 10.00. The third kappa shape index (κ3) is 2.92. The predicted molar refractivity (Wildman–Crippen MR) is 85.6 cm³/mol. The summed E-state index contributed by atoms with van der Waals surface area (Å²) in [6.45, 7) is 0.734. The van der Waals surface area contributed by atoms with Crippen LogP contribution >= 0.6 is 0 Å². The summed E-state index contributed by atoms with van der Waals surface area (Å²) in [5.41, 5.74) is 2.61. The third-order valence-corrected chi connectivity index (χ3v) is 5.10. The maximum atomic E-state index is 12.2. The topological polar surface area (TPSA) is 47.6 Å². The van der Waals surface area contributed by atoms with E-state index in [0.717, 1.165) is 43.7 Å². The van der Waals surface area contributed by atoms with Gasteiger partial charge >= 0.3 is 0 Å². The highest BCUT2D eigenvalue weighted by Gasteiger charge is 2.27. The van der Waals surface area contributed by atoms with E-state index in [1.54, 1.807) is 14.2 Å². The summed E-state index contributed by atoms with van der Waals surface area (Å²) in [5.74, 6) is 2.44. The van der Waals surface area contributed by atoms with Crippen molar-refractivity contribution in [1.29, 1.82) is 0 Å². The van der Waals surface area contributed by atoms with Gasteiger partial charge in [-0.2, -0.15) is 0 Å². The number of methoxy groups -OCH3 is 2. The summed E-state index contributed by atoms with van der Waals surface area (Å²) in [4.78, 5) is 12.2. The van der Waals surface area contributed by atoms with E-state index < -0.39 is 0 Å². The lowest BCUT2D eigenvalue weighted by Crippen LogP contribution is -2.32. The zero-order valence-corrected chi connectivity index (χ0v) is 13.5. The maximum absolute atomic E-state index is 12.2. The summed E-state index contributed by atoms with van der Waals surface area (Å²) in [7, 11) is 3.33. The number of fused-ring (bicyclic) bond motifs is 1. The molecule has 22 heavy (non-hydrogen) atoms. The lowest BCUT2D eigenvalue weighted by Gasteiger charge is -2.17. The molecule has 1 fully saturated rings. The predicted octanol–water partition coefficient (Wildman–Crippen LogP) is 3.04. The fourth-order valence-electron chi connectivity index (χ4n) is 3.79. The van der Waals surface area contributed by atoms with Gasteiger partial charge in [0, 0.05) is 18.4 Å². The molecule has 4 nitrogen and oxygen atoms in total. The van der Waals surface area contributed by atoms with Gasteiger partial charge in [-0.1, -0.05) is 12.8 Å². The van der Waals surface area contributed by atoms with E-state index in [0.29, 0.717) is 5.92 Å². The highest BCUT2D eigenvalue weighted by atomic mass is 16.5. The maximum Gasteiger partial charge on any atom is 0.223 e. The first-order valence-corrected chi connectivity index (χ1v) is 8.25. The normalized spacial score (nSPS) is 20.7. The van der Waals surface area contributed by atoms with Gasteiger partial charge in [-0.15, -0.1) is 0 Å². The van der Waals surface area contributed by atoms with Gasteiger partial charge < -0.3 is 14.8 Å². The monoisotopic (exact) mass is 303 g/mol. The van der Waals surface area contributed by atoms with Crippen LogP contribution in [0.2, 0.25) is 0 Å². The minimum Gasteiger partial charge on any atom is -0.493 e. The van der Waals surface area contributed by atoms with Gasteiger partial charge in [0.15, 0.2) is 11.5 Å². The van der Waals surface area contributed by atoms with Crippen molar-refractivity contribution in [2.45, 2.75) is 44.4 Å². The van der Waals surface area contributed by atoms with Crippen LogP contribution in [0.1, 0.15) is 49.1 Å². The SMILES string of the molecule is COc1cc2c(cc1OC)C(CNC(=O)C1CCCC1)CC2. The molecule has 0 heterocycles. The number of hydrogen-bond acceptors (Lipinski definition) is 3. The van der Waals surface area contributed by atoms with Gasteiger partial charge in [0.25, 0.3) is 0 Å². The average Bonchev–Trinajstić information content (AvgIpc) is 3.20. The zero-order valence-electron chi connectivity index (χ0n) is 13.5. The molecule has 4 heteroatoms. The Labute approximate surface area is 132 Å². The number of amides is 1. The van der Waals surface area contributed by atoms with Gasteiger partial charge in [0.05, 0.1) is 14.2 Å². The number of carbonyl (C=O) groups excluding carboxylic acids is 1. The van der Waals surface area contributed by atoms with Crippen molar-refractivity contribution < 1.29 is 14.3 Å². The van der Waals surface area contributed by atoms with Gasteiger partial charge in [0.2, 0.25) is 5.91 Å². The number of ether oxygens (including phenoxy) is 2. The van der Waals surface area contributed by atoms with Crippen molar-refractivity contribution in [1.82, 2.24) is 5.32 Å². The first kappa shape index (κ1) is 15.2. The molecule has 2 aliphatic carbocycles. The molecule has 1 atom stereocenters. The zero-order chi connectivity index (χ0) is 15.5. The fraction of sp³-hybridized carbons (Fsp3) is 0.611. The molecule has 1 N–H and O–H groups in total. The Morgan fingerprint density at radius 1 is 1.14 bits per heavy atom. The molecule has 3 rings (SSSR count). The fourth-order valence-corrected chi connectivity index (χ4v) is 3.79. The molecule has 0 saturated heterocycles. The third-order valence-electron chi connectivity index (χ3n) is 5.10. The van der Waals surface area contributed by atoms with Crippen LogP contribution in [0, 0.1) is 5.92 Å².